The SMILES string of the molecule is CCCNC(c1ccc(Br)cc1Cl)c1sc(C)cc1C. The van der Waals surface area contributed by atoms with E-state index in [1.165, 1.54) is 15.3 Å². The molecule has 2 rings (SSSR count). The monoisotopic (exact) mass is 371 g/mol. The number of benzene rings is 1. The third kappa shape index (κ3) is 3.64. The van der Waals surface area contributed by atoms with Crippen LogP contribution in [0.2, 0.25) is 5.02 Å². The van der Waals surface area contributed by atoms with Gasteiger partial charge in [0.25, 0.3) is 0 Å². The lowest BCUT2D eigenvalue weighted by molar-refractivity contribution is 0.604. The summed E-state index contributed by atoms with van der Waals surface area (Å²) in [5, 5.41) is 4.43. The van der Waals surface area contributed by atoms with Crippen LogP contribution in [0.5, 0.6) is 0 Å². The zero-order chi connectivity index (χ0) is 14.7. The van der Waals surface area contributed by atoms with Crippen molar-refractivity contribution >= 4 is 38.9 Å². The first-order chi connectivity index (χ1) is 9.52. The predicted octanol–water partition coefficient (Wildman–Crippen LogP) is 5.87. The van der Waals surface area contributed by atoms with Crippen LogP contribution in [0.15, 0.2) is 28.7 Å². The average Bonchev–Trinajstić information content (AvgIpc) is 2.71. The Morgan fingerprint density at radius 1 is 1.30 bits per heavy atom. The summed E-state index contributed by atoms with van der Waals surface area (Å²) in [7, 11) is 0. The number of hydrogen-bond donors (Lipinski definition) is 1. The van der Waals surface area contributed by atoms with E-state index in [1.807, 2.05) is 17.4 Å². The molecule has 108 valence electrons. The van der Waals surface area contributed by atoms with Crippen LogP contribution >= 0.6 is 38.9 Å². The Morgan fingerprint density at radius 3 is 2.60 bits per heavy atom. The van der Waals surface area contributed by atoms with Crippen molar-refractivity contribution < 1.29 is 0 Å². The smallest absolute Gasteiger partial charge is 0.0688 e. The van der Waals surface area contributed by atoms with E-state index in [0.29, 0.717) is 0 Å². The molecule has 0 fully saturated rings. The molecule has 1 unspecified atom stereocenters. The van der Waals surface area contributed by atoms with Gasteiger partial charge in [-0.15, -0.1) is 11.3 Å². The van der Waals surface area contributed by atoms with Gasteiger partial charge in [-0.25, -0.2) is 0 Å². The van der Waals surface area contributed by atoms with Gasteiger partial charge in [-0.3, -0.25) is 0 Å². The lowest BCUT2D eigenvalue weighted by Crippen LogP contribution is -2.23. The second-order valence-corrected chi connectivity index (χ2v) is 7.57. The van der Waals surface area contributed by atoms with Gasteiger partial charge < -0.3 is 5.32 Å². The van der Waals surface area contributed by atoms with Crippen molar-refractivity contribution in [3.63, 3.8) is 0 Å². The Balaban J connectivity index is 2.44. The zero-order valence-electron chi connectivity index (χ0n) is 12.0. The number of nitrogens with one attached hydrogen (secondary N) is 1. The highest BCUT2D eigenvalue weighted by atomic mass is 79.9. The van der Waals surface area contributed by atoms with Gasteiger partial charge in [0, 0.05) is 19.2 Å². The molecule has 0 aliphatic rings. The normalized spacial score (nSPS) is 12.7. The van der Waals surface area contributed by atoms with E-state index in [4.69, 9.17) is 11.6 Å². The van der Waals surface area contributed by atoms with Crippen molar-refractivity contribution in [1.29, 1.82) is 0 Å². The molecule has 0 aliphatic heterocycles. The van der Waals surface area contributed by atoms with Crippen molar-refractivity contribution in [2.45, 2.75) is 33.2 Å². The van der Waals surface area contributed by atoms with Gasteiger partial charge in [-0.05, 0) is 56.1 Å². The first-order valence-electron chi connectivity index (χ1n) is 6.78. The van der Waals surface area contributed by atoms with Crippen molar-refractivity contribution in [3.8, 4) is 0 Å². The van der Waals surface area contributed by atoms with Gasteiger partial charge >= 0.3 is 0 Å². The van der Waals surface area contributed by atoms with Gasteiger partial charge in [0.2, 0.25) is 0 Å². The standard InChI is InChI=1S/C16H19BrClNS/c1-4-7-19-15(16-10(2)8-11(3)20-16)13-6-5-12(17)9-14(13)18/h5-6,8-9,15,19H,4,7H2,1-3H3. The number of thiophene rings is 1. The van der Waals surface area contributed by atoms with Crippen LogP contribution in [0.3, 0.4) is 0 Å². The van der Waals surface area contributed by atoms with Crippen LogP contribution in [0, 0.1) is 13.8 Å². The predicted molar refractivity (Wildman–Crippen MR) is 93.1 cm³/mol. The van der Waals surface area contributed by atoms with Crippen LogP contribution in [0.4, 0.5) is 0 Å². The summed E-state index contributed by atoms with van der Waals surface area (Å²) in [6.45, 7) is 7.49. The van der Waals surface area contributed by atoms with Crippen LogP contribution in [-0.4, -0.2) is 6.54 Å². The van der Waals surface area contributed by atoms with E-state index in [0.717, 1.165) is 28.0 Å². The highest BCUT2D eigenvalue weighted by Gasteiger charge is 2.20. The van der Waals surface area contributed by atoms with E-state index in [9.17, 15) is 0 Å². The van der Waals surface area contributed by atoms with Gasteiger partial charge in [0.1, 0.15) is 0 Å². The maximum absolute atomic E-state index is 6.45. The fourth-order valence-electron chi connectivity index (χ4n) is 2.31. The second kappa shape index (κ2) is 7.08. The summed E-state index contributed by atoms with van der Waals surface area (Å²) in [4.78, 5) is 2.70. The first-order valence-corrected chi connectivity index (χ1v) is 8.77. The topological polar surface area (TPSA) is 12.0 Å². The molecule has 4 heteroatoms. The Hall–Kier alpha value is -0.350. The number of halogens is 2. The summed E-state index contributed by atoms with van der Waals surface area (Å²) in [5.74, 6) is 0. The van der Waals surface area contributed by atoms with Gasteiger partial charge in [-0.2, -0.15) is 0 Å². The Bertz CT molecular complexity index is 594. The molecule has 2 aromatic rings. The summed E-state index contributed by atoms with van der Waals surface area (Å²) in [6, 6.07) is 8.54. The molecular weight excluding hydrogens is 354 g/mol. The molecule has 1 heterocycles. The molecule has 1 nitrogen and oxygen atoms in total. The Labute approximate surface area is 138 Å². The summed E-state index contributed by atoms with van der Waals surface area (Å²) < 4.78 is 1.01. The molecular formula is C16H19BrClNS. The fraction of sp³-hybridized carbons (Fsp3) is 0.375. The summed E-state index contributed by atoms with van der Waals surface area (Å²) in [5.41, 5.74) is 2.48. The molecule has 0 amide bonds. The minimum absolute atomic E-state index is 0.175. The number of hydrogen-bond acceptors (Lipinski definition) is 2. The molecule has 0 bridgehead atoms. The van der Waals surface area contributed by atoms with E-state index in [2.05, 4.69) is 60.2 Å². The van der Waals surface area contributed by atoms with Gasteiger partial charge in [0.15, 0.2) is 0 Å². The lowest BCUT2D eigenvalue weighted by atomic mass is 10.0. The van der Waals surface area contributed by atoms with Crippen LogP contribution in [0.1, 0.15) is 40.3 Å². The van der Waals surface area contributed by atoms with Gasteiger partial charge in [-0.1, -0.05) is 40.5 Å². The molecule has 0 saturated carbocycles. The Morgan fingerprint density at radius 2 is 2.05 bits per heavy atom. The maximum atomic E-state index is 6.45. The zero-order valence-corrected chi connectivity index (χ0v) is 15.1. The van der Waals surface area contributed by atoms with Crippen LogP contribution in [-0.2, 0) is 0 Å². The van der Waals surface area contributed by atoms with Crippen LogP contribution in [0.25, 0.3) is 0 Å². The maximum Gasteiger partial charge on any atom is 0.0688 e. The molecule has 0 aliphatic carbocycles. The minimum Gasteiger partial charge on any atom is -0.306 e. The molecule has 20 heavy (non-hydrogen) atoms. The Kier molecular flexibility index (Phi) is 5.67. The largest absolute Gasteiger partial charge is 0.306 e. The third-order valence-corrected chi connectivity index (χ3v) is 5.25. The average molecular weight is 373 g/mol. The summed E-state index contributed by atoms with van der Waals surface area (Å²) >= 11 is 11.8. The number of aryl methyl sites for hydroxylation is 2. The first kappa shape index (κ1) is 16.0. The molecule has 0 saturated heterocycles. The third-order valence-electron chi connectivity index (χ3n) is 3.21. The second-order valence-electron chi connectivity index (χ2n) is 4.96. The molecule has 0 radical (unpaired) electrons. The molecule has 1 atom stereocenters. The van der Waals surface area contributed by atoms with Gasteiger partial charge in [0.05, 0.1) is 6.04 Å². The van der Waals surface area contributed by atoms with Crippen molar-refractivity contribution in [1.82, 2.24) is 5.32 Å². The van der Waals surface area contributed by atoms with Crippen LogP contribution < -0.4 is 5.32 Å². The quantitative estimate of drug-likeness (QED) is 0.692. The summed E-state index contributed by atoms with van der Waals surface area (Å²) in [6.07, 6.45) is 1.11. The molecule has 1 N–H and O–H groups in total. The van der Waals surface area contributed by atoms with Crippen molar-refractivity contribution in [2.75, 3.05) is 6.54 Å². The molecule has 1 aromatic carbocycles. The number of rotatable bonds is 5. The molecule has 1 aromatic heterocycles. The highest BCUT2D eigenvalue weighted by molar-refractivity contribution is 9.10. The van der Waals surface area contributed by atoms with Crippen molar-refractivity contribution in [3.05, 3.63) is 54.6 Å². The van der Waals surface area contributed by atoms with Crippen molar-refractivity contribution in [2.24, 2.45) is 0 Å². The minimum atomic E-state index is 0.175. The molecule has 0 spiro atoms. The van der Waals surface area contributed by atoms with E-state index < -0.39 is 0 Å². The van der Waals surface area contributed by atoms with E-state index in [1.54, 1.807) is 0 Å². The van der Waals surface area contributed by atoms with E-state index in [-0.39, 0.29) is 6.04 Å². The lowest BCUT2D eigenvalue weighted by Gasteiger charge is -2.20. The fourth-order valence-corrected chi connectivity index (χ4v) is 4.23. The highest BCUT2D eigenvalue weighted by Crippen LogP contribution is 2.36. The van der Waals surface area contributed by atoms with E-state index >= 15 is 0 Å².